The van der Waals surface area contributed by atoms with Crippen molar-refractivity contribution in [2.45, 2.75) is 97.4 Å². The minimum absolute atomic E-state index is 0.101. The summed E-state index contributed by atoms with van der Waals surface area (Å²) in [5.74, 6) is -0.142. The number of hydrogen-bond acceptors (Lipinski definition) is 6. The summed E-state index contributed by atoms with van der Waals surface area (Å²) in [6.45, 7) is 8.00. The Bertz CT molecular complexity index is 975. The first-order valence-electron chi connectivity index (χ1n) is 14.7. The van der Waals surface area contributed by atoms with Gasteiger partial charge in [0.05, 0.1) is 24.1 Å². The highest BCUT2D eigenvalue weighted by atomic mass is 79.9. The number of carbonyl (C=O) groups excluding carboxylic acids is 3. The lowest BCUT2D eigenvalue weighted by atomic mass is 10.1. The van der Waals surface area contributed by atoms with E-state index in [0.717, 1.165) is 19.3 Å². The normalized spacial score (nSPS) is 15.1. The van der Waals surface area contributed by atoms with E-state index in [-0.39, 0.29) is 17.4 Å². The molecule has 40 heavy (non-hydrogen) atoms. The van der Waals surface area contributed by atoms with Gasteiger partial charge in [0.15, 0.2) is 5.11 Å². The molecule has 2 amide bonds. The molecule has 1 heterocycles. The molecule has 1 aromatic carbocycles. The van der Waals surface area contributed by atoms with Crippen LogP contribution < -0.4 is 15.4 Å². The van der Waals surface area contributed by atoms with E-state index in [0.29, 0.717) is 48.0 Å². The summed E-state index contributed by atoms with van der Waals surface area (Å²) in [6, 6.07) is 4.22. The van der Waals surface area contributed by atoms with Crippen LogP contribution in [0.1, 0.15) is 102 Å². The molecule has 1 unspecified atom stereocenters. The van der Waals surface area contributed by atoms with Crippen LogP contribution in [0.2, 0.25) is 0 Å². The van der Waals surface area contributed by atoms with E-state index >= 15 is 0 Å². The van der Waals surface area contributed by atoms with Crippen LogP contribution >= 0.6 is 28.1 Å². The van der Waals surface area contributed by atoms with Gasteiger partial charge in [0.2, 0.25) is 5.91 Å². The van der Waals surface area contributed by atoms with Crippen molar-refractivity contribution >= 4 is 51.0 Å². The van der Waals surface area contributed by atoms with Crippen LogP contribution in [0.25, 0.3) is 0 Å². The molecule has 10 heteroatoms. The SMILES string of the molecule is CCCCCCCCCCCCOC(=O)CC1C(=O)NCCN1C(=S)NC(=O)c1ccc(OCC(C)C)c(Br)c1. The van der Waals surface area contributed by atoms with Gasteiger partial charge in [-0.3, -0.25) is 19.7 Å². The van der Waals surface area contributed by atoms with Gasteiger partial charge in [-0.25, -0.2) is 0 Å². The van der Waals surface area contributed by atoms with E-state index in [1.54, 1.807) is 23.1 Å². The Morgan fingerprint density at radius 1 is 1.10 bits per heavy atom. The van der Waals surface area contributed by atoms with Gasteiger partial charge in [0.1, 0.15) is 11.8 Å². The van der Waals surface area contributed by atoms with Crippen molar-refractivity contribution in [1.82, 2.24) is 15.5 Å². The third-order valence-corrected chi connectivity index (χ3v) is 7.66. The Labute approximate surface area is 253 Å². The molecule has 1 aliphatic rings. The van der Waals surface area contributed by atoms with Crippen LogP contribution in [0.4, 0.5) is 0 Å². The van der Waals surface area contributed by atoms with Crippen LogP contribution in [0.5, 0.6) is 5.75 Å². The fraction of sp³-hybridized carbons (Fsp3) is 0.667. The van der Waals surface area contributed by atoms with Crippen LogP contribution in [0.3, 0.4) is 0 Å². The fourth-order valence-electron chi connectivity index (χ4n) is 4.41. The van der Waals surface area contributed by atoms with Crippen molar-refractivity contribution in [2.75, 3.05) is 26.3 Å². The topological polar surface area (TPSA) is 97.0 Å². The summed E-state index contributed by atoms with van der Waals surface area (Å²) in [5.41, 5.74) is 0.389. The van der Waals surface area contributed by atoms with Crippen LogP contribution in [0.15, 0.2) is 22.7 Å². The Morgan fingerprint density at radius 3 is 2.38 bits per heavy atom. The molecule has 0 aliphatic carbocycles. The summed E-state index contributed by atoms with van der Waals surface area (Å²) in [5, 5.41) is 5.57. The molecule has 1 aliphatic heterocycles. The van der Waals surface area contributed by atoms with Gasteiger partial charge in [0.25, 0.3) is 5.91 Å². The van der Waals surface area contributed by atoms with E-state index in [1.807, 2.05) is 0 Å². The second kappa shape index (κ2) is 19.0. The number of nitrogens with zero attached hydrogens (tertiary/aromatic N) is 1. The average Bonchev–Trinajstić information content (AvgIpc) is 2.91. The van der Waals surface area contributed by atoms with Gasteiger partial charge in [-0.15, -0.1) is 0 Å². The summed E-state index contributed by atoms with van der Waals surface area (Å²) >= 11 is 8.93. The second-order valence-corrected chi connectivity index (χ2v) is 12.0. The number of esters is 1. The van der Waals surface area contributed by atoms with E-state index in [4.69, 9.17) is 21.7 Å². The maximum Gasteiger partial charge on any atom is 0.308 e. The second-order valence-electron chi connectivity index (χ2n) is 10.7. The average molecular weight is 641 g/mol. The lowest BCUT2D eigenvalue weighted by Gasteiger charge is -2.36. The molecule has 1 saturated heterocycles. The molecule has 2 rings (SSSR count). The van der Waals surface area contributed by atoms with Crippen molar-refractivity contribution in [1.29, 1.82) is 0 Å². The number of hydrogen-bond donors (Lipinski definition) is 2. The number of ether oxygens (including phenoxy) is 2. The Kier molecular flexibility index (Phi) is 16.2. The first kappa shape index (κ1) is 34.0. The summed E-state index contributed by atoms with van der Waals surface area (Å²) in [4.78, 5) is 39.6. The van der Waals surface area contributed by atoms with E-state index in [2.05, 4.69) is 47.3 Å². The fourth-order valence-corrected chi connectivity index (χ4v) is 5.21. The molecule has 224 valence electrons. The number of halogens is 1. The molecule has 0 aromatic heterocycles. The number of benzene rings is 1. The number of nitrogens with one attached hydrogen (secondary N) is 2. The predicted octanol–water partition coefficient (Wildman–Crippen LogP) is 6.15. The Hall–Kier alpha value is -2.20. The lowest BCUT2D eigenvalue weighted by molar-refractivity contribution is -0.147. The van der Waals surface area contributed by atoms with Gasteiger partial charge in [-0.05, 0) is 58.7 Å². The number of amides is 2. The number of piperazine rings is 1. The molecule has 1 atom stereocenters. The molecule has 0 saturated carbocycles. The Balaban J connectivity index is 1.77. The third kappa shape index (κ3) is 12.5. The van der Waals surface area contributed by atoms with Gasteiger partial charge >= 0.3 is 5.97 Å². The minimum atomic E-state index is -0.833. The number of carbonyl (C=O) groups is 3. The van der Waals surface area contributed by atoms with Crippen LogP contribution in [-0.2, 0) is 14.3 Å². The van der Waals surface area contributed by atoms with Crippen molar-refractivity contribution in [3.8, 4) is 5.75 Å². The van der Waals surface area contributed by atoms with Crippen LogP contribution in [-0.4, -0.2) is 60.1 Å². The lowest BCUT2D eigenvalue weighted by Crippen LogP contribution is -2.60. The highest BCUT2D eigenvalue weighted by Gasteiger charge is 2.34. The molecule has 2 N–H and O–H groups in total. The zero-order valence-corrected chi connectivity index (χ0v) is 26.7. The third-order valence-electron chi connectivity index (χ3n) is 6.70. The zero-order chi connectivity index (χ0) is 29.3. The van der Waals surface area contributed by atoms with E-state index < -0.39 is 17.9 Å². The first-order valence-corrected chi connectivity index (χ1v) is 15.9. The largest absolute Gasteiger partial charge is 0.492 e. The maximum absolute atomic E-state index is 12.9. The quantitative estimate of drug-likeness (QED) is 0.120. The first-order chi connectivity index (χ1) is 19.2. The molecular weight excluding hydrogens is 594 g/mol. The van der Waals surface area contributed by atoms with Crippen LogP contribution in [0, 0.1) is 5.92 Å². The minimum Gasteiger partial charge on any atom is -0.492 e. The highest BCUT2D eigenvalue weighted by Crippen LogP contribution is 2.26. The van der Waals surface area contributed by atoms with Crippen molar-refractivity contribution in [3.05, 3.63) is 28.2 Å². The Morgan fingerprint density at radius 2 is 1.75 bits per heavy atom. The molecule has 0 bridgehead atoms. The molecule has 8 nitrogen and oxygen atoms in total. The molecular formula is C30H46BrN3O5S. The number of unbranched alkanes of at least 4 members (excludes halogenated alkanes) is 9. The van der Waals surface area contributed by atoms with Crippen molar-refractivity contribution < 1.29 is 23.9 Å². The van der Waals surface area contributed by atoms with Gasteiger partial charge in [-0.1, -0.05) is 78.6 Å². The predicted molar refractivity (Wildman–Crippen MR) is 165 cm³/mol. The number of rotatable bonds is 17. The molecule has 0 radical (unpaired) electrons. The highest BCUT2D eigenvalue weighted by molar-refractivity contribution is 9.10. The smallest absolute Gasteiger partial charge is 0.308 e. The monoisotopic (exact) mass is 639 g/mol. The standard InChI is InChI=1S/C30H46BrN3O5S/c1-4-5-6-7-8-9-10-11-12-13-18-38-27(35)20-25-29(37)32-16-17-34(25)30(40)33-28(36)23-14-15-26(24(31)19-23)39-21-22(2)3/h14-15,19,22,25H,4-13,16-18,20-21H2,1-3H3,(H,32,37)(H,33,36,40). The molecule has 1 aromatic rings. The molecule has 1 fully saturated rings. The van der Waals surface area contributed by atoms with E-state index in [1.165, 1.54) is 44.9 Å². The maximum atomic E-state index is 12.9. The summed E-state index contributed by atoms with van der Waals surface area (Å²) in [6.07, 6.45) is 11.9. The summed E-state index contributed by atoms with van der Waals surface area (Å²) < 4.78 is 11.8. The number of thiocarbonyl (C=S) groups is 1. The summed E-state index contributed by atoms with van der Waals surface area (Å²) in [7, 11) is 0. The van der Waals surface area contributed by atoms with Crippen molar-refractivity contribution in [2.24, 2.45) is 5.92 Å². The molecule has 0 spiro atoms. The van der Waals surface area contributed by atoms with Gasteiger partial charge in [-0.2, -0.15) is 0 Å². The zero-order valence-electron chi connectivity index (χ0n) is 24.3. The van der Waals surface area contributed by atoms with E-state index in [9.17, 15) is 14.4 Å². The van der Waals surface area contributed by atoms with Crippen molar-refractivity contribution in [3.63, 3.8) is 0 Å². The van der Waals surface area contributed by atoms with Gasteiger partial charge < -0.3 is 19.7 Å². The van der Waals surface area contributed by atoms with Gasteiger partial charge in [0, 0.05) is 18.7 Å².